The third-order valence-corrected chi connectivity index (χ3v) is 8.63. The fraction of sp³-hybridized carbons (Fsp3) is 0.267. The normalized spacial score (nSPS) is 25.1. The van der Waals surface area contributed by atoms with Crippen molar-refractivity contribution < 1.29 is 14.3 Å². The third-order valence-electron chi connectivity index (χ3n) is 8.40. The Morgan fingerprint density at radius 1 is 0.974 bits per heavy atom. The summed E-state index contributed by atoms with van der Waals surface area (Å²) in [7, 11) is 1.49. The number of nitrogens with zero attached hydrogens (tertiary/aromatic N) is 3. The van der Waals surface area contributed by atoms with E-state index in [0.717, 1.165) is 5.56 Å². The predicted molar refractivity (Wildman–Crippen MR) is 147 cm³/mol. The Bertz CT molecular complexity index is 1780. The van der Waals surface area contributed by atoms with Gasteiger partial charge in [0.15, 0.2) is 0 Å². The maximum absolute atomic E-state index is 14.5. The van der Waals surface area contributed by atoms with Crippen LogP contribution in [0, 0.1) is 17.8 Å². The number of carbonyl (C=O) groups excluding carboxylic acids is 2. The first kappa shape index (κ1) is 24.1. The minimum absolute atomic E-state index is 0.00298. The lowest BCUT2D eigenvalue weighted by Crippen LogP contribution is -2.51. The van der Waals surface area contributed by atoms with Crippen LogP contribution in [0.3, 0.4) is 0 Å². The van der Waals surface area contributed by atoms with Crippen molar-refractivity contribution in [3.05, 3.63) is 93.5 Å². The number of rotatable bonds is 3. The van der Waals surface area contributed by atoms with Crippen LogP contribution in [-0.4, -0.2) is 34.5 Å². The molecule has 4 aromatic rings. The van der Waals surface area contributed by atoms with Gasteiger partial charge in [0.1, 0.15) is 17.1 Å². The van der Waals surface area contributed by atoms with Gasteiger partial charge in [-0.25, -0.2) is 9.88 Å². The van der Waals surface area contributed by atoms with Gasteiger partial charge in [-0.2, -0.15) is 0 Å². The lowest BCUT2D eigenvalue weighted by atomic mass is 9.75. The van der Waals surface area contributed by atoms with E-state index in [2.05, 4.69) is 5.32 Å². The molecule has 3 aliphatic rings. The van der Waals surface area contributed by atoms with Crippen molar-refractivity contribution in [2.75, 3.05) is 12.0 Å². The number of carbonyl (C=O) groups is 2. The van der Waals surface area contributed by atoms with Crippen LogP contribution in [0.1, 0.15) is 25.2 Å². The monoisotopic (exact) mass is 540 g/mol. The number of methoxy groups -OCH3 is 1. The molecule has 3 aromatic carbocycles. The largest absolute Gasteiger partial charge is 0.495 e. The molecule has 0 saturated carbocycles. The summed E-state index contributed by atoms with van der Waals surface area (Å²) in [4.78, 5) is 48.8. The van der Waals surface area contributed by atoms with Crippen LogP contribution in [0.4, 0.5) is 5.69 Å². The average molecular weight is 541 g/mol. The zero-order chi connectivity index (χ0) is 27.2. The van der Waals surface area contributed by atoms with Crippen molar-refractivity contribution in [3.8, 4) is 11.4 Å². The zero-order valence-corrected chi connectivity index (χ0v) is 22.3. The van der Waals surface area contributed by atoms with Crippen LogP contribution in [0.15, 0.2) is 71.5 Å². The molecule has 0 radical (unpaired) electrons. The highest BCUT2D eigenvalue weighted by Gasteiger charge is 2.70. The molecule has 2 saturated heterocycles. The van der Waals surface area contributed by atoms with Crippen LogP contribution in [-0.2, 0) is 15.1 Å². The molecule has 1 aromatic heterocycles. The van der Waals surface area contributed by atoms with Gasteiger partial charge < -0.3 is 4.74 Å². The van der Waals surface area contributed by atoms with E-state index in [9.17, 15) is 14.4 Å². The van der Waals surface area contributed by atoms with E-state index >= 15 is 0 Å². The van der Waals surface area contributed by atoms with Gasteiger partial charge in [0.2, 0.25) is 11.8 Å². The second-order valence-corrected chi connectivity index (χ2v) is 11.1. The summed E-state index contributed by atoms with van der Waals surface area (Å²) in [5.74, 6) is -1.45. The number of halogens is 1. The Kier molecular flexibility index (Phi) is 5.09. The molecule has 3 aliphatic heterocycles. The van der Waals surface area contributed by atoms with E-state index in [1.165, 1.54) is 12.0 Å². The summed E-state index contributed by atoms with van der Waals surface area (Å²) < 4.78 is 7.12. The van der Waals surface area contributed by atoms with Crippen LogP contribution in [0.25, 0.3) is 16.6 Å². The maximum atomic E-state index is 14.5. The van der Waals surface area contributed by atoms with E-state index in [-0.39, 0.29) is 29.3 Å². The summed E-state index contributed by atoms with van der Waals surface area (Å²) in [6, 6.07) is 19.2. The van der Waals surface area contributed by atoms with Crippen LogP contribution in [0.5, 0.6) is 5.75 Å². The van der Waals surface area contributed by atoms with E-state index in [1.54, 1.807) is 34.9 Å². The van der Waals surface area contributed by atoms with Crippen LogP contribution in [0.2, 0.25) is 5.02 Å². The number of hydrogen-bond acceptors (Lipinski definition) is 6. The van der Waals surface area contributed by atoms with Gasteiger partial charge in [-0.1, -0.05) is 55.8 Å². The minimum Gasteiger partial charge on any atom is -0.495 e. The molecule has 4 heterocycles. The minimum atomic E-state index is -1.19. The van der Waals surface area contributed by atoms with Gasteiger partial charge in [0.25, 0.3) is 5.56 Å². The highest BCUT2D eigenvalue weighted by Crippen LogP contribution is 2.57. The number of nitrogens with one attached hydrogen (secondary N) is 1. The molecular weight excluding hydrogens is 516 g/mol. The molecular formula is C30H25ClN4O4. The van der Waals surface area contributed by atoms with Gasteiger partial charge in [-0.15, -0.1) is 0 Å². The van der Waals surface area contributed by atoms with E-state index in [0.29, 0.717) is 38.9 Å². The fourth-order valence-electron chi connectivity index (χ4n) is 6.80. The topological polar surface area (TPSA) is 93.5 Å². The molecule has 7 rings (SSSR count). The fourth-order valence-corrected chi connectivity index (χ4v) is 6.97. The number of benzene rings is 3. The average Bonchev–Trinajstić information content (AvgIpc) is 3.52. The van der Waals surface area contributed by atoms with Gasteiger partial charge in [-0.3, -0.25) is 24.3 Å². The number of ether oxygens (including phenoxy) is 1. The second-order valence-electron chi connectivity index (χ2n) is 10.7. The number of hydrogen-bond donors (Lipinski definition) is 1. The Hall–Kier alpha value is -4.01. The molecule has 0 bridgehead atoms. The Labute approximate surface area is 229 Å². The summed E-state index contributed by atoms with van der Waals surface area (Å²) in [5.41, 5.74) is 0.859. The molecule has 1 N–H and O–H groups in total. The van der Waals surface area contributed by atoms with Crippen LogP contribution < -0.4 is 20.5 Å². The predicted octanol–water partition coefficient (Wildman–Crippen LogP) is 4.04. The molecule has 39 heavy (non-hydrogen) atoms. The van der Waals surface area contributed by atoms with Crippen molar-refractivity contribution in [1.82, 2.24) is 14.9 Å². The van der Waals surface area contributed by atoms with Crippen molar-refractivity contribution >= 4 is 40.0 Å². The SMILES string of the molecule is COc1ccc(Cl)cc1N1C(=O)C2C(C(C)C)NC3(c4ccccc4-n4c3nc3ccccc3c4=O)C2C1=O. The lowest BCUT2D eigenvalue weighted by Gasteiger charge is -2.32. The van der Waals surface area contributed by atoms with Crippen molar-refractivity contribution in [1.29, 1.82) is 0 Å². The Balaban J connectivity index is 1.53. The molecule has 4 unspecified atom stereocenters. The highest BCUT2D eigenvalue weighted by molar-refractivity contribution is 6.31. The highest BCUT2D eigenvalue weighted by atomic mass is 35.5. The molecule has 196 valence electrons. The molecule has 1 spiro atoms. The molecule has 4 atom stereocenters. The first-order valence-corrected chi connectivity index (χ1v) is 13.3. The molecule has 8 nitrogen and oxygen atoms in total. The maximum Gasteiger partial charge on any atom is 0.266 e. The number of anilines is 1. The standard InChI is InChI=1S/C30H25ClN4O4/c1-15(2)25-23-24(28(38)34(27(23)37)21-14-16(31)12-13-22(21)39-3)30(33-25)18-9-5-7-11-20(18)35-26(36)17-8-4-6-10-19(17)32-29(30)35/h4-15,23-25,33H,1-3H3. The summed E-state index contributed by atoms with van der Waals surface area (Å²) in [6.45, 7) is 4.05. The quantitative estimate of drug-likeness (QED) is 0.394. The summed E-state index contributed by atoms with van der Waals surface area (Å²) in [5, 5.41) is 4.57. The van der Waals surface area contributed by atoms with E-state index in [4.69, 9.17) is 21.3 Å². The third kappa shape index (κ3) is 2.98. The van der Waals surface area contributed by atoms with Crippen LogP contribution >= 0.6 is 11.6 Å². The number of amides is 2. The van der Waals surface area contributed by atoms with Gasteiger partial charge in [-0.05, 0) is 42.3 Å². The number of fused-ring (bicyclic) bond motifs is 8. The Morgan fingerprint density at radius 2 is 1.72 bits per heavy atom. The van der Waals surface area contributed by atoms with Crippen molar-refractivity contribution in [2.45, 2.75) is 25.4 Å². The van der Waals surface area contributed by atoms with Gasteiger partial charge in [0, 0.05) is 16.6 Å². The number of para-hydroxylation sites is 2. The summed E-state index contributed by atoms with van der Waals surface area (Å²) >= 11 is 6.31. The van der Waals surface area contributed by atoms with Gasteiger partial charge >= 0.3 is 0 Å². The van der Waals surface area contributed by atoms with Crippen molar-refractivity contribution in [2.24, 2.45) is 17.8 Å². The molecule has 2 fully saturated rings. The first-order valence-electron chi connectivity index (χ1n) is 12.9. The van der Waals surface area contributed by atoms with Gasteiger partial charge in [0.05, 0.1) is 41.2 Å². The smallest absolute Gasteiger partial charge is 0.266 e. The van der Waals surface area contributed by atoms with E-state index in [1.807, 2.05) is 50.2 Å². The lowest BCUT2D eigenvalue weighted by molar-refractivity contribution is -0.123. The Morgan fingerprint density at radius 3 is 2.49 bits per heavy atom. The summed E-state index contributed by atoms with van der Waals surface area (Å²) in [6.07, 6.45) is 0. The first-order chi connectivity index (χ1) is 18.8. The zero-order valence-electron chi connectivity index (χ0n) is 21.5. The molecule has 2 amide bonds. The molecule has 0 aliphatic carbocycles. The number of imide groups is 1. The van der Waals surface area contributed by atoms with Crippen molar-refractivity contribution in [3.63, 3.8) is 0 Å². The van der Waals surface area contributed by atoms with E-state index < -0.39 is 17.4 Å². The molecule has 9 heteroatoms. The number of aromatic nitrogens is 2. The second kappa shape index (κ2) is 8.24.